The van der Waals surface area contributed by atoms with Crippen LogP contribution in [0.2, 0.25) is 0 Å². The van der Waals surface area contributed by atoms with Gasteiger partial charge in [0.1, 0.15) is 11.6 Å². The van der Waals surface area contributed by atoms with Crippen LogP contribution in [0.1, 0.15) is 29.0 Å². The standard InChI is InChI=1S/C18H22FNO/c1-13-7-8-14(2)18(11-13)21-10-9-15(12-20)16-5-3-4-6-17(16)19/h3-8,11,15H,9-10,12,20H2,1-2H3. The number of rotatable bonds is 6. The summed E-state index contributed by atoms with van der Waals surface area (Å²) in [5.41, 5.74) is 8.73. The van der Waals surface area contributed by atoms with E-state index in [4.69, 9.17) is 10.5 Å². The lowest BCUT2D eigenvalue weighted by atomic mass is 9.96. The molecular weight excluding hydrogens is 265 g/mol. The lowest BCUT2D eigenvalue weighted by Gasteiger charge is -2.17. The van der Waals surface area contributed by atoms with Crippen molar-refractivity contribution in [1.29, 1.82) is 0 Å². The van der Waals surface area contributed by atoms with E-state index >= 15 is 0 Å². The number of benzene rings is 2. The van der Waals surface area contributed by atoms with Gasteiger partial charge in [0.05, 0.1) is 6.61 Å². The second-order valence-electron chi connectivity index (χ2n) is 5.36. The average Bonchev–Trinajstić information content (AvgIpc) is 2.48. The van der Waals surface area contributed by atoms with Gasteiger partial charge in [0, 0.05) is 5.92 Å². The van der Waals surface area contributed by atoms with Crippen LogP contribution in [-0.2, 0) is 0 Å². The smallest absolute Gasteiger partial charge is 0.126 e. The molecule has 2 N–H and O–H groups in total. The number of hydrogen-bond acceptors (Lipinski definition) is 2. The predicted molar refractivity (Wildman–Crippen MR) is 84.2 cm³/mol. The van der Waals surface area contributed by atoms with E-state index in [1.54, 1.807) is 12.1 Å². The quantitative estimate of drug-likeness (QED) is 0.873. The van der Waals surface area contributed by atoms with E-state index in [9.17, 15) is 4.39 Å². The minimum absolute atomic E-state index is 0.0173. The summed E-state index contributed by atoms with van der Waals surface area (Å²) in [7, 11) is 0. The van der Waals surface area contributed by atoms with Gasteiger partial charge in [0.25, 0.3) is 0 Å². The Morgan fingerprint density at radius 3 is 2.62 bits per heavy atom. The molecule has 2 aromatic rings. The first kappa shape index (κ1) is 15.5. The largest absolute Gasteiger partial charge is 0.493 e. The van der Waals surface area contributed by atoms with Crippen molar-refractivity contribution in [1.82, 2.24) is 0 Å². The summed E-state index contributed by atoms with van der Waals surface area (Å²) in [4.78, 5) is 0. The van der Waals surface area contributed by atoms with Crippen LogP contribution >= 0.6 is 0 Å². The predicted octanol–water partition coefficient (Wildman–Crippen LogP) is 3.95. The van der Waals surface area contributed by atoms with Crippen LogP contribution in [0.25, 0.3) is 0 Å². The second-order valence-corrected chi connectivity index (χ2v) is 5.36. The van der Waals surface area contributed by atoms with Crippen LogP contribution in [-0.4, -0.2) is 13.2 Å². The Hall–Kier alpha value is -1.87. The van der Waals surface area contributed by atoms with Crippen LogP contribution in [0.5, 0.6) is 5.75 Å². The summed E-state index contributed by atoms with van der Waals surface area (Å²) in [6.45, 7) is 5.00. The molecule has 0 heterocycles. The molecule has 0 spiro atoms. The Labute approximate surface area is 125 Å². The minimum atomic E-state index is -0.195. The maximum absolute atomic E-state index is 13.8. The van der Waals surface area contributed by atoms with Gasteiger partial charge in [-0.05, 0) is 55.6 Å². The molecule has 0 aliphatic carbocycles. The first-order valence-corrected chi connectivity index (χ1v) is 7.26. The van der Waals surface area contributed by atoms with Crippen molar-refractivity contribution >= 4 is 0 Å². The first-order chi connectivity index (χ1) is 10.1. The molecule has 1 unspecified atom stereocenters. The van der Waals surface area contributed by atoms with Gasteiger partial charge in [-0.3, -0.25) is 0 Å². The van der Waals surface area contributed by atoms with Gasteiger partial charge in [-0.25, -0.2) is 4.39 Å². The number of ether oxygens (including phenoxy) is 1. The van der Waals surface area contributed by atoms with Crippen LogP contribution in [0.15, 0.2) is 42.5 Å². The SMILES string of the molecule is Cc1ccc(C)c(OCCC(CN)c2ccccc2F)c1. The molecule has 21 heavy (non-hydrogen) atoms. The van der Waals surface area contributed by atoms with Crippen molar-refractivity contribution < 1.29 is 9.13 Å². The molecule has 2 rings (SSSR count). The number of aryl methyl sites for hydroxylation is 2. The van der Waals surface area contributed by atoms with E-state index in [1.165, 1.54) is 11.6 Å². The summed E-state index contributed by atoms with van der Waals surface area (Å²) in [6.07, 6.45) is 0.699. The fourth-order valence-electron chi connectivity index (χ4n) is 2.38. The van der Waals surface area contributed by atoms with Crippen LogP contribution in [0, 0.1) is 19.7 Å². The summed E-state index contributed by atoms with van der Waals surface area (Å²) in [6, 6.07) is 12.9. The van der Waals surface area contributed by atoms with Gasteiger partial charge in [-0.15, -0.1) is 0 Å². The Bertz CT molecular complexity index is 598. The molecule has 2 nitrogen and oxygen atoms in total. The van der Waals surface area contributed by atoms with Crippen LogP contribution < -0.4 is 10.5 Å². The number of hydrogen-bond donors (Lipinski definition) is 1. The molecule has 0 bridgehead atoms. The summed E-state index contributed by atoms with van der Waals surface area (Å²) < 4.78 is 19.6. The van der Waals surface area contributed by atoms with E-state index in [-0.39, 0.29) is 11.7 Å². The van der Waals surface area contributed by atoms with Crippen molar-refractivity contribution in [3.8, 4) is 5.75 Å². The normalized spacial score (nSPS) is 12.2. The molecular formula is C18H22FNO. The molecule has 0 aromatic heterocycles. The Kier molecular flexibility index (Phi) is 5.34. The molecule has 0 aliphatic heterocycles. The minimum Gasteiger partial charge on any atom is -0.493 e. The zero-order valence-electron chi connectivity index (χ0n) is 12.6. The van der Waals surface area contributed by atoms with Gasteiger partial charge >= 0.3 is 0 Å². The fraction of sp³-hybridized carbons (Fsp3) is 0.333. The van der Waals surface area contributed by atoms with Crippen molar-refractivity contribution in [3.63, 3.8) is 0 Å². The maximum atomic E-state index is 13.8. The molecule has 2 aromatic carbocycles. The molecule has 0 radical (unpaired) electrons. The monoisotopic (exact) mass is 287 g/mol. The maximum Gasteiger partial charge on any atom is 0.126 e. The molecule has 0 saturated carbocycles. The van der Waals surface area contributed by atoms with Gasteiger partial charge in [-0.1, -0.05) is 30.3 Å². The highest BCUT2D eigenvalue weighted by Crippen LogP contribution is 2.23. The summed E-state index contributed by atoms with van der Waals surface area (Å²) in [5.74, 6) is 0.676. The van der Waals surface area contributed by atoms with E-state index in [0.717, 1.165) is 11.3 Å². The van der Waals surface area contributed by atoms with Gasteiger partial charge in [0.15, 0.2) is 0 Å². The lowest BCUT2D eigenvalue weighted by molar-refractivity contribution is 0.295. The Morgan fingerprint density at radius 2 is 1.90 bits per heavy atom. The third kappa shape index (κ3) is 4.05. The molecule has 0 amide bonds. The Morgan fingerprint density at radius 1 is 1.14 bits per heavy atom. The molecule has 0 fully saturated rings. The van der Waals surface area contributed by atoms with E-state index in [2.05, 4.69) is 6.07 Å². The molecule has 0 aliphatic rings. The van der Waals surface area contributed by atoms with Crippen molar-refractivity contribution in [2.75, 3.05) is 13.2 Å². The fourth-order valence-corrected chi connectivity index (χ4v) is 2.38. The zero-order chi connectivity index (χ0) is 15.2. The van der Waals surface area contributed by atoms with Gasteiger partial charge in [-0.2, -0.15) is 0 Å². The van der Waals surface area contributed by atoms with E-state index < -0.39 is 0 Å². The van der Waals surface area contributed by atoms with E-state index in [1.807, 2.05) is 32.0 Å². The third-order valence-corrected chi connectivity index (χ3v) is 3.70. The Balaban J connectivity index is 1.98. The third-order valence-electron chi connectivity index (χ3n) is 3.70. The lowest BCUT2D eigenvalue weighted by Crippen LogP contribution is -2.17. The number of halogens is 1. The van der Waals surface area contributed by atoms with E-state index in [0.29, 0.717) is 25.1 Å². The molecule has 112 valence electrons. The van der Waals surface area contributed by atoms with Gasteiger partial charge in [0.2, 0.25) is 0 Å². The summed E-state index contributed by atoms with van der Waals surface area (Å²) >= 11 is 0. The van der Waals surface area contributed by atoms with Crippen molar-refractivity contribution in [3.05, 3.63) is 65.0 Å². The van der Waals surface area contributed by atoms with Crippen LogP contribution in [0.4, 0.5) is 4.39 Å². The topological polar surface area (TPSA) is 35.2 Å². The average molecular weight is 287 g/mol. The molecule has 0 saturated heterocycles. The first-order valence-electron chi connectivity index (χ1n) is 7.26. The second kappa shape index (κ2) is 7.23. The molecule has 3 heteroatoms. The van der Waals surface area contributed by atoms with Crippen molar-refractivity contribution in [2.24, 2.45) is 5.73 Å². The zero-order valence-corrected chi connectivity index (χ0v) is 12.6. The van der Waals surface area contributed by atoms with Crippen LogP contribution in [0.3, 0.4) is 0 Å². The van der Waals surface area contributed by atoms with Crippen molar-refractivity contribution in [2.45, 2.75) is 26.2 Å². The molecule has 1 atom stereocenters. The van der Waals surface area contributed by atoms with Gasteiger partial charge < -0.3 is 10.5 Å². The summed E-state index contributed by atoms with van der Waals surface area (Å²) in [5, 5.41) is 0. The number of nitrogens with two attached hydrogens (primary N) is 1. The highest BCUT2D eigenvalue weighted by atomic mass is 19.1. The highest BCUT2D eigenvalue weighted by Gasteiger charge is 2.14. The highest BCUT2D eigenvalue weighted by molar-refractivity contribution is 5.36.